The van der Waals surface area contributed by atoms with Crippen molar-refractivity contribution in [1.82, 2.24) is 0 Å². The highest BCUT2D eigenvalue weighted by atomic mass is 19.1. The maximum atomic E-state index is 13.4. The lowest BCUT2D eigenvalue weighted by Gasteiger charge is -2.22. The van der Waals surface area contributed by atoms with E-state index in [4.69, 9.17) is 5.11 Å². The summed E-state index contributed by atoms with van der Waals surface area (Å²) in [7, 11) is 0. The number of carbonyl (C=O) groups is 1. The molecule has 0 radical (unpaired) electrons. The Hall–Kier alpha value is -1.45. The number of hydrogen-bond donors (Lipinski definition) is 1. The van der Waals surface area contributed by atoms with Crippen molar-refractivity contribution in [3.63, 3.8) is 0 Å². The molecule has 1 unspecified atom stereocenters. The van der Waals surface area contributed by atoms with Gasteiger partial charge in [0.1, 0.15) is 11.6 Å². The van der Waals surface area contributed by atoms with Gasteiger partial charge >= 0.3 is 5.97 Å². The summed E-state index contributed by atoms with van der Waals surface area (Å²) in [6.07, 6.45) is 1.63. The van der Waals surface area contributed by atoms with Gasteiger partial charge < -0.3 is 5.11 Å². The van der Waals surface area contributed by atoms with Crippen LogP contribution < -0.4 is 0 Å². The van der Waals surface area contributed by atoms with Crippen molar-refractivity contribution in [1.29, 1.82) is 0 Å². The van der Waals surface area contributed by atoms with Gasteiger partial charge in [0.25, 0.3) is 0 Å². The Bertz CT molecular complexity index is 415. The van der Waals surface area contributed by atoms with E-state index < -0.39 is 23.5 Å². The molecule has 0 bridgehead atoms. The molecule has 0 aliphatic heterocycles. The molecule has 0 heterocycles. The van der Waals surface area contributed by atoms with Gasteiger partial charge in [0.15, 0.2) is 0 Å². The molecule has 1 atom stereocenters. The Kier molecular flexibility index (Phi) is 2.42. The van der Waals surface area contributed by atoms with Crippen LogP contribution in [-0.4, -0.2) is 11.1 Å². The smallest absolute Gasteiger partial charge is 0.311 e. The van der Waals surface area contributed by atoms with Crippen LogP contribution in [0.4, 0.5) is 8.78 Å². The monoisotopic (exact) mass is 212 g/mol. The Labute approximate surface area is 85.5 Å². The van der Waals surface area contributed by atoms with Crippen molar-refractivity contribution in [3.8, 4) is 0 Å². The first-order valence-electron chi connectivity index (χ1n) is 4.80. The third-order valence-corrected chi connectivity index (χ3v) is 2.77. The minimum absolute atomic E-state index is 0.162. The fourth-order valence-electron chi connectivity index (χ4n) is 2.12. The SMILES string of the molecule is O=C(O)C1CCCc2cc(F)cc(F)c21. The van der Waals surface area contributed by atoms with Crippen LogP contribution >= 0.6 is 0 Å². The van der Waals surface area contributed by atoms with Crippen LogP contribution in [0.15, 0.2) is 12.1 Å². The van der Waals surface area contributed by atoms with Gasteiger partial charge in [-0.15, -0.1) is 0 Å². The fraction of sp³-hybridized carbons (Fsp3) is 0.364. The average Bonchev–Trinajstić information content (AvgIpc) is 2.16. The molecule has 15 heavy (non-hydrogen) atoms. The number of fused-ring (bicyclic) bond motifs is 1. The van der Waals surface area contributed by atoms with Crippen molar-refractivity contribution in [2.75, 3.05) is 0 Å². The molecule has 0 fully saturated rings. The zero-order valence-electron chi connectivity index (χ0n) is 7.96. The molecule has 0 saturated heterocycles. The number of halogens is 2. The van der Waals surface area contributed by atoms with Gasteiger partial charge in [-0.05, 0) is 30.9 Å². The van der Waals surface area contributed by atoms with E-state index in [9.17, 15) is 13.6 Å². The minimum Gasteiger partial charge on any atom is -0.481 e. The first-order chi connectivity index (χ1) is 7.09. The molecule has 1 aliphatic carbocycles. The van der Waals surface area contributed by atoms with E-state index >= 15 is 0 Å². The summed E-state index contributed by atoms with van der Waals surface area (Å²) in [5.41, 5.74) is 0.654. The van der Waals surface area contributed by atoms with Crippen LogP contribution in [0, 0.1) is 11.6 Å². The molecule has 1 aliphatic rings. The van der Waals surface area contributed by atoms with E-state index in [1.54, 1.807) is 0 Å². The Morgan fingerprint density at radius 2 is 2.13 bits per heavy atom. The van der Waals surface area contributed by atoms with Crippen LogP contribution in [0.1, 0.15) is 29.9 Å². The quantitative estimate of drug-likeness (QED) is 0.776. The maximum Gasteiger partial charge on any atom is 0.311 e. The zero-order chi connectivity index (χ0) is 11.0. The van der Waals surface area contributed by atoms with Crippen LogP contribution in [0.25, 0.3) is 0 Å². The first kappa shape index (κ1) is 10.1. The molecule has 0 amide bonds. The largest absolute Gasteiger partial charge is 0.481 e. The first-order valence-corrected chi connectivity index (χ1v) is 4.80. The molecule has 0 saturated carbocycles. The van der Waals surface area contributed by atoms with Gasteiger partial charge in [-0.25, -0.2) is 8.78 Å². The normalized spacial score (nSPS) is 19.7. The van der Waals surface area contributed by atoms with Gasteiger partial charge in [-0.2, -0.15) is 0 Å². The van der Waals surface area contributed by atoms with E-state index in [2.05, 4.69) is 0 Å². The van der Waals surface area contributed by atoms with Gasteiger partial charge in [0.2, 0.25) is 0 Å². The molecule has 1 aromatic carbocycles. The number of rotatable bonds is 1. The number of aliphatic carboxylic acids is 1. The lowest BCUT2D eigenvalue weighted by Crippen LogP contribution is -2.19. The lowest BCUT2D eigenvalue weighted by atomic mass is 9.82. The lowest BCUT2D eigenvalue weighted by molar-refractivity contribution is -0.139. The predicted molar refractivity (Wildman–Crippen MR) is 49.7 cm³/mol. The van der Waals surface area contributed by atoms with Crippen LogP contribution in [0.5, 0.6) is 0 Å². The second kappa shape index (κ2) is 3.61. The molecule has 1 aromatic rings. The van der Waals surface area contributed by atoms with E-state index in [0.717, 1.165) is 6.07 Å². The Morgan fingerprint density at radius 1 is 1.40 bits per heavy atom. The van der Waals surface area contributed by atoms with E-state index in [1.807, 2.05) is 0 Å². The molecular formula is C11H10F2O2. The molecule has 0 aromatic heterocycles. The Balaban J connectivity index is 2.55. The molecule has 4 heteroatoms. The highest BCUT2D eigenvalue weighted by molar-refractivity contribution is 5.77. The van der Waals surface area contributed by atoms with Crippen LogP contribution in [-0.2, 0) is 11.2 Å². The van der Waals surface area contributed by atoms with E-state index in [-0.39, 0.29) is 5.56 Å². The number of aryl methyl sites for hydroxylation is 1. The van der Waals surface area contributed by atoms with Crippen molar-refractivity contribution < 1.29 is 18.7 Å². The fourth-order valence-corrected chi connectivity index (χ4v) is 2.12. The molecule has 1 N–H and O–H groups in total. The van der Waals surface area contributed by atoms with Gasteiger partial charge in [-0.3, -0.25) is 4.79 Å². The summed E-state index contributed by atoms with van der Waals surface area (Å²) in [6.45, 7) is 0. The topological polar surface area (TPSA) is 37.3 Å². The van der Waals surface area contributed by atoms with Crippen LogP contribution in [0.3, 0.4) is 0 Å². The number of carboxylic acid groups (broad SMARTS) is 1. The second-order valence-corrected chi connectivity index (χ2v) is 3.74. The van der Waals surface area contributed by atoms with E-state index in [1.165, 1.54) is 6.07 Å². The number of carboxylic acids is 1. The van der Waals surface area contributed by atoms with Gasteiger partial charge in [0.05, 0.1) is 5.92 Å². The van der Waals surface area contributed by atoms with E-state index in [0.29, 0.717) is 24.8 Å². The third kappa shape index (κ3) is 1.71. The maximum absolute atomic E-state index is 13.4. The second-order valence-electron chi connectivity index (χ2n) is 3.74. The van der Waals surface area contributed by atoms with Crippen LogP contribution in [0.2, 0.25) is 0 Å². The summed E-state index contributed by atoms with van der Waals surface area (Å²) in [6, 6.07) is 1.98. The average molecular weight is 212 g/mol. The van der Waals surface area contributed by atoms with Crippen molar-refractivity contribution in [2.45, 2.75) is 25.2 Å². The van der Waals surface area contributed by atoms with Gasteiger partial charge in [-0.1, -0.05) is 0 Å². The van der Waals surface area contributed by atoms with Crippen molar-refractivity contribution in [2.24, 2.45) is 0 Å². The zero-order valence-corrected chi connectivity index (χ0v) is 7.96. The number of benzene rings is 1. The molecular weight excluding hydrogens is 202 g/mol. The number of hydrogen-bond acceptors (Lipinski definition) is 1. The minimum atomic E-state index is -1.04. The molecule has 2 rings (SSSR count). The Morgan fingerprint density at radius 3 is 2.80 bits per heavy atom. The summed E-state index contributed by atoms with van der Waals surface area (Å²) in [4.78, 5) is 10.9. The van der Waals surface area contributed by atoms with Gasteiger partial charge in [0, 0.05) is 11.6 Å². The highest BCUT2D eigenvalue weighted by Crippen LogP contribution is 2.34. The molecule has 0 spiro atoms. The summed E-state index contributed by atoms with van der Waals surface area (Å²) in [5, 5.41) is 8.92. The molecule has 2 nitrogen and oxygen atoms in total. The third-order valence-electron chi connectivity index (χ3n) is 2.77. The predicted octanol–water partition coefficient (Wildman–Crippen LogP) is 2.47. The summed E-state index contributed by atoms with van der Waals surface area (Å²) in [5.74, 6) is -3.25. The highest BCUT2D eigenvalue weighted by Gasteiger charge is 2.29. The summed E-state index contributed by atoms with van der Waals surface area (Å²) < 4.78 is 26.3. The van der Waals surface area contributed by atoms with Crippen molar-refractivity contribution >= 4 is 5.97 Å². The summed E-state index contributed by atoms with van der Waals surface area (Å²) >= 11 is 0. The standard InChI is InChI=1S/C11H10F2O2/c12-7-4-6-2-1-3-8(11(14)15)10(6)9(13)5-7/h4-5,8H,1-3H2,(H,14,15). The molecule has 80 valence electrons. The van der Waals surface area contributed by atoms with Crippen molar-refractivity contribution in [3.05, 3.63) is 34.9 Å².